The number of esters is 1. The average molecular weight is 319 g/mol. The van der Waals surface area contributed by atoms with Crippen molar-refractivity contribution in [1.82, 2.24) is 4.90 Å². The van der Waals surface area contributed by atoms with Gasteiger partial charge in [0.15, 0.2) is 0 Å². The molecule has 0 bridgehead atoms. The molecule has 0 spiro atoms. The first-order valence-corrected chi connectivity index (χ1v) is 6.77. The number of carbonyl (C=O) groups excluding carboxylic acids is 1. The van der Waals surface area contributed by atoms with Gasteiger partial charge in [0.1, 0.15) is 12.4 Å². The Labute approximate surface area is 125 Å². The van der Waals surface area contributed by atoms with Gasteiger partial charge in [0, 0.05) is 19.6 Å². The third kappa shape index (κ3) is 5.53. The lowest BCUT2D eigenvalue weighted by Crippen LogP contribution is -2.38. The number of hydrogen-bond acceptors (Lipinski definition) is 5. The number of ether oxygens (including phenoxy) is 3. The molecule has 1 aromatic rings. The number of nitrogens with zero attached hydrogens (tertiary/aromatic N) is 1. The number of benzene rings is 1. The number of alkyl halides is 3. The van der Waals surface area contributed by atoms with Crippen LogP contribution in [0.5, 0.6) is 5.75 Å². The number of morpholine rings is 1. The van der Waals surface area contributed by atoms with Crippen molar-refractivity contribution in [2.45, 2.75) is 6.36 Å². The van der Waals surface area contributed by atoms with Crippen molar-refractivity contribution in [3.8, 4) is 5.75 Å². The SMILES string of the molecule is O=C(OCCN1CCOCC1)c1ccc(OC(F)(F)F)cc1. The summed E-state index contributed by atoms with van der Waals surface area (Å²) < 4.78 is 50.1. The first-order chi connectivity index (χ1) is 10.4. The highest BCUT2D eigenvalue weighted by Gasteiger charge is 2.31. The summed E-state index contributed by atoms with van der Waals surface area (Å²) in [4.78, 5) is 13.9. The van der Waals surface area contributed by atoms with Gasteiger partial charge >= 0.3 is 12.3 Å². The van der Waals surface area contributed by atoms with Gasteiger partial charge in [-0.2, -0.15) is 0 Å². The Morgan fingerprint density at radius 2 is 1.82 bits per heavy atom. The van der Waals surface area contributed by atoms with Gasteiger partial charge in [-0.05, 0) is 24.3 Å². The van der Waals surface area contributed by atoms with Crippen LogP contribution in [-0.2, 0) is 9.47 Å². The van der Waals surface area contributed by atoms with E-state index in [0.29, 0.717) is 19.8 Å². The van der Waals surface area contributed by atoms with Crippen LogP contribution in [0.25, 0.3) is 0 Å². The summed E-state index contributed by atoms with van der Waals surface area (Å²) in [5, 5.41) is 0. The van der Waals surface area contributed by atoms with E-state index < -0.39 is 12.3 Å². The summed E-state index contributed by atoms with van der Waals surface area (Å²) in [6.45, 7) is 3.73. The molecule has 0 aliphatic carbocycles. The maximum absolute atomic E-state index is 12.0. The molecule has 2 rings (SSSR count). The third-order valence-electron chi connectivity index (χ3n) is 3.07. The van der Waals surface area contributed by atoms with E-state index in [-0.39, 0.29) is 17.9 Å². The van der Waals surface area contributed by atoms with E-state index >= 15 is 0 Å². The van der Waals surface area contributed by atoms with Crippen LogP contribution in [0.2, 0.25) is 0 Å². The Hall–Kier alpha value is -1.80. The van der Waals surface area contributed by atoms with Crippen molar-refractivity contribution in [2.75, 3.05) is 39.5 Å². The van der Waals surface area contributed by atoms with Crippen LogP contribution in [0, 0.1) is 0 Å². The summed E-state index contributed by atoms with van der Waals surface area (Å²) in [5.41, 5.74) is 0.177. The van der Waals surface area contributed by atoms with Crippen LogP contribution < -0.4 is 4.74 Å². The molecule has 0 amide bonds. The number of carbonyl (C=O) groups is 1. The summed E-state index contributed by atoms with van der Waals surface area (Å²) in [5.74, 6) is -0.954. The summed E-state index contributed by atoms with van der Waals surface area (Å²) >= 11 is 0. The van der Waals surface area contributed by atoms with Crippen LogP contribution in [0.4, 0.5) is 13.2 Å². The van der Waals surface area contributed by atoms with E-state index in [1.807, 2.05) is 0 Å². The number of halogens is 3. The average Bonchev–Trinajstić information content (AvgIpc) is 2.47. The van der Waals surface area contributed by atoms with E-state index in [2.05, 4.69) is 9.64 Å². The smallest absolute Gasteiger partial charge is 0.461 e. The fraction of sp³-hybridized carbons (Fsp3) is 0.500. The molecule has 0 N–H and O–H groups in total. The van der Waals surface area contributed by atoms with Gasteiger partial charge in [-0.15, -0.1) is 13.2 Å². The Bertz CT molecular complexity index is 484. The zero-order valence-corrected chi connectivity index (χ0v) is 11.8. The lowest BCUT2D eigenvalue weighted by Gasteiger charge is -2.26. The fourth-order valence-electron chi connectivity index (χ4n) is 1.97. The monoisotopic (exact) mass is 319 g/mol. The molecule has 0 saturated carbocycles. The molecule has 1 saturated heterocycles. The molecule has 0 aromatic heterocycles. The topological polar surface area (TPSA) is 48.0 Å². The van der Waals surface area contributed by atoms with Crippen molar-refractivity contribution in [1.29, 1.82) is 0 Å². The zero-order chi connectivity index (χ0) is 16.0. The van der Waals surface area contributed by atoms with Crippen LogP contribution in [-0.4, -0.2) is 56.7 Å². The molecule has 1 aromatic carbocycles. The van der Waals surface area contributed by atoms with Crippen molar-refractivity contribution < 1.29 is 32.2 Å². The molecule has 1 fully saturated rings. The third-order valence-corrected chi connectivity index (χ3v) is 3.07. The van der Waals surface area contributed by atoms with E-state index in [1.54, 1.807) is 0 Å². The van der Waals surface area contributed by atoms with Crippen LogP contribution in [0.1, 0.15) is 10.4 Å². The predicted molar refractivity (Wildman–Crippen MR) is 70.7 cm³/mol. The van der Waals surface area contributed by atoms with Gasteiger partial charge in [0.05, 0.1) is 18.8 Å². The number of hydrogen-bond donors (Lipinski definition) is 0. The Morgan fingerprint density at radius 3 is 2.41 bits per heavy atom. The Kier molecular flexibility index (Phi) is 5.62. The highest BCUT2D eigenvalue weighted by atomic mass is 19.4. The molecule has 5 nitrogen and oxygen atoms in total. The van der Waals surface area contributed by atoms with Crippen LogP contribution >= 0.6 is 0 Å². The molecule has 1 aliphatic rings. The van der Waals surface area contributed by atoms with Crippen LogP contribution in [0.15, 0.2) is 24.3 Å². The summed E-state index contributed by atoms with van der Waals surface area (Å²) in [7, 11) is 0. The van der Waals surface area contributed by atoms with Gasteiger partial charge < -0.3 is 14.2 Å². The highest BCUT2D eigenvalue weighted by molar-refractivity contribution is 5.89. The van der Waals surface area contributed by atoms with Gasteiger partial charge in [-0.1, -0.05) is 0 Å². The maximum atomic E-state index is 12.0. The maximum Gasteiger partial charge on any atom is 0.573 e. The van der Waals surface area contributed by atoms with Crippen LogP contribution in [0.3, 0.4) is 0 Å². The predicted octanol–water partition coefficient (Wildman–Crippen LogP) is 2.07. The zero-order valence-electron chi connectivity index (χ0n) is 11.8. The first kappa shape index (κ1) is 16.6. The van der Waals surface area contributed by atoms with E-state index in [1.165, 1.54) is 12.1 Å². The van der Waals surface area contributed by atoms with Crippen molar-refractivity contribution in [2.24, 2.45) is 0 Å². The Balaban J connectivity index is 1.77. The molecule has 0 atom stereocenters. The molecule has 22 heavy (non-hydrogen) atoms. The molecular formula is C14H16F3NO4. The fourth-order valence-corrected chi connectivity index (χ4v) is 1.97. The Morgan fingerprint density at radius 1 is 1.18 bits per heavy atom. The minimum atomic E-state index is -4.75. The second-order valence-electron chi connectivity index (χ2n) is 4.66. The highest BCUT2D eigenvalue weighted by Crippen LogP contribution is 2.22. The molecule has 8 heteroatoms. The lowest BCUT2D eigenvalue weighted by molar-refractivity contribution is -0.274. The van der Waals surface area contributed by atoms with Gasteiger partial charge in [-0.3, -0.25) is 4.90 Å². The van der Waals surface area contributed by atoms with Crippen molar-refractivity contribution in [3.05, 3.63) is 29.8 Å². The minimum absolute atomic E-state index is 0.177. The second-order valence-corrected chi connectivity index (χ2v) is 4.66. The second kappa shape index (κ2) is 7.46. The summed E-state index contributed by atoms with van der Waals surface area (Å²) in [6, 6.07) is 4.62. The quantitative estimate of drug-likeness (QED) is 0.778. The molecule has 1 heterocycles. The standard InChI is InChI=1S/C14H16F3NO4/c15-14(16,17)22-12-3-1-11(2-4-12)13(19)21-10-7-18-5-8-20-9-6-18/h1-4H,5-10H2. The van der Waals surface area contributed by atoms with E-state index in [4.69, 9.17) is 9.47 Å². The summed E-state index contributed by atoms with van der Waals surface area (Å²) in [6.07, 6.45) is -4.75. The number of rotatable bonds is 5. The van der Waals surface area contributed by atoms with Gasteiger partial charge in [0.2, 0.25) is 0 Å². The lowest BCUT2D eigenvalue weighted by atomic mass is 10.2. The minimum Gasteiger partial charge on any atom is -0.461 e. The van der Waals surface area contributed by atoms with Gasteiger partial charge in [-0.25, -0.2) is 4.79 Å². The van der Waals surface area contributed by atoms with Crippen molar-refractivity contribution >= 4 is 5.97 Å². The molecule has 1 aliphatic heterocycles. The van der Waals surface area contributed by atoms with Gasteiger partial charge in [0.25, 0.3) is 0 Å². The normalized spacial score (nSPS) is 16.3. The first-order valence-electron chi connectivity index (χ1n) is 6.77. The van der Waals surface area contributed by atoms with E-state index in [9.17, 15) is 18.0 Å². The van der Waals surface area contributed by atoms with Crippen molar-refractivity contribution in [3.63, 3.8) is 0 Å². The molecule has 0 radical (unpaired) electrons. The largest absolute Gasteiger partial charge is 0.573 e. The molecule has 0 unspecified atom stereocenters. The molecular weight excluding hydrogens is 303 g/mol. The molecule has 122 valence electrons. The van der Waals surface area contributed by atoms with E-state index in [0.717, 1.165) is 25.2 Å².